The van der Waals surface area contributed by atoms with E-state index in [2.05, 4.69) is 55.3 Å². The highest BCUT2D eigenvalue weighted by Gasteiger charge is 2.58. The van der Waals surface area contributed by atoms with Crippen molar-refractivity contribution in [2.75, 3.05) is 39.3 Å². The molecular weight excluding hydrogens is 500 g/mol. The minimum Gasteiger partial charge on any atom is -0.316 e. The van der Waals surface area contributed by atoms with Crippen molar-refractivity contribution < 1.29 is 14.4 Å². The van der Waals surface area contributed by atoms with Gasteiger partial charge >= 0.3 is 6.03 Å². The fourth-order valence-electron chi connectivity index (χ4n) is 7.03. The first-order valence-corrected chi connectivity index (χ1v) is 14.3. The van der Waals surface area contributed by atoms with E-state index in [-0.39, 0.29) is 47.6 Å². The summed E-state index contributed by atoms with van der Waals surface area (Å²) in [5.41, 5.74) is 0.447. The van der Waals surface area contributed by atoms with Gasteiger partial charge in [0, 0.05) is 57.5 Å². The van der Waals surface area contributed by atoms with Crippen molar-refractivity contribution in [3.05, 3.63) is 35.9 Å². The summed E-state index contributed by atoms with van der Waals surface area (Å²) >= 11 is 0. The van der Waals surface area contributed by atoms with Gasteiger partial charge in [-0.25, -0.2) is 4.79 Å². The van der Waals surface area contributed by atoms with Gasteiger partial charge in [0.15, 0.2) is 5.78 Å². The van der Waals surface area contributed by atoms with E-state index < -0.39 is 5.54 Å². The predicted octanol–water partition coefficient (Wildman–Crippen LogP) is 4.31. The molecule has 3 aliphatic heterocycles. The van der Waals surface area contributed by atoms with Crippen molar-refractivity contribution in [2.45, 2.75) is 77.3 Å². The van der Waals surface area contributed by atoms with E-state index in [1.165, 1.54) is 10.5 Å². The van der Waals surface area contributed by atoms with E-state index in [0.29, 0.717) is 57.1 Å². The number of ketones is 1. The highest BCUT2D eigenvalue weighted by Crippen LogP contribution is 2.42. The molecule has 0 radical (unpaired) electrons. The maximum Gasteiger partial charge on any atom is 0.327 e. The number of Topliss-reactive ketones (excluding diaryl/α,β-unsaturated/α-hetero) is 1. The van der Waals surface area contributed by atoms with Gasteiger partial charge in [0.05, 0.1) is 6.04 Å². The molecule has 38 heavy (non-hydrogen) atoms. The van der Waals surface area contributed by atoms with Crippen LogP contribution in [0.15, 0.2) is 30.3 Å². The van der Waals surface area contributed by atoms with E-state index in [0.717, 1.165) is 25.9 Å². The monoisotopic (exact) mass is 544 g/mol. The number of imide groups is 1. The molecule has 5 rings (SSSR count). The molecule has 1 aliphatic carbocycles. The predicted molar refractivity (Wildman–Crippen MR) is 151 cm³/mol. The topological polar surface area (TPSA) is 73.0 Å². The van der Waals surface area contributed by atoms with Gasteiger partial charge in [-0.1, -0.05) is 51.1 Å². The average Bonchev–Trinajstić information content (AvgIpc) is 3.52. The van der Waals surface area contributed by atoms with E-state index >= 15 is 0 Å². The number of rotatable bonds is 8. The summed E-state index contributed by atoms with van der Waals surface area (Å²) in [4.78, 5) is 46.6. The second kappa shape index (κ2) is 11.3. The van der Waals surface area contributed by atoms with Gasteiger partial charge < -0.3 is 10.2 Å². The van der Waals surface area contributed by atoms with Crippen LogP contribution in [0.2, 0.25) is 0 Å². The number of carbonyl (C=O) groups is 3. The molecular formula is C30H45ClN4O3. The first-order valence-electron chi connectivity index (χ1n) is 14.3. The molecule has 4 aliphatic rings. The van der Waals surface area contributed by atoms with Crippen molar-refractivity contribution >= 4 is 30.1 Å². The third kappa shape index (κ3) is 5.52. The molecule has 8 heteroatoms. The highest BCUT2D eigenvalue weighted by atomic mass is 35.5. The Morgan fingerprint density at radius 1 is 1.08 bits per heavy atom. The summed E-state index contributed by atoms with van der Waals surface area (Å²) in [6.45, 7) is 12.5. The smallest absolute Gasteiger partial charge is 0.316 e. The maximum absolute atomic E-state index is 13.9. The van der Waals surface area contributed by atoms with Crippen LogP contribution < -0.4 is 5.32 Å². The molecule has 1 N–H and O–H groups in total. The number of likely N-dealkylation sites (tertiary alicyclic amines) is 1. The van der Waals surface area contributed by atoms with Crippen LogP contribution in [-0.4, -0.2) is 83.3 Å². The van der Waals surface area contributed by atoms with Crippen LogP contribution in [0.4, 0.5) is 4.79 Å². The molecule has 3 amide bonds. The zero-order valence-corrected chi connectivity index (χ0v) is 24.3. The van der Waals surface area contributed by atoms with Gasteiger partial charge in [-0.15, -0.1) is 12.4 Å². The van der Waals surface area contributed by atoms with Gasteiger partial charge in [-0.2, -0.15) is 0 Å². The fourth-order valence-corrected chi connectivity index (χ4v) is 7.03. The Kier molecular flexibility index (Phi) is 8.61. The number of amides is 3. The Hall–Kier alpha value is -1.96. The summed E-state index contributed by atoms with van der Waals surface area (Å²) < 4.78 is 0. The average molecular weight is 545 g/mol. The van der Waals surface area contributed by atoms with Gasteiger partial charge in [0.2, 0.25) is 0 Å². The molecule has 0 bridgehead atoms. The lowest BCUT2D eigenvalue weighted by Crippen LogP contribution is -2.60. The van der Waals surface area contributed by atoms with Crippen LogP contribution in [0, 0.1) is 17.3 Å². The molecule has 7 nitrogen and oxygen atoms in total. The van der Waals surface area contributed by atoms with Gasteiger partial charge in [0.1, 0.15) is 5.54 Å². The molecule has 1 saturated carbocycles. The first kappa shape index (κ1) is 29.0. The number of hydrogen-bond donors (Lipinski definition) is 1. The first-order chi connectivity index (χ1) is 17.6. The SMILES string of the molecule is CCN1C(=O)N(CC2CC2)C(=O)C12CCN([C@H](C(=O)CC(C)(C)C)C1CNC[C@@H]1c1ccccc1)CC2.Cl. The molecule has 0 aromatic heterocycles. The molecule has 3 heterocycles. The summed E-state index contributed by atoms with van der Waals surface area (Å²) in [6, 6.07) is 10.3. The number of urea groups is 1. The Labute approximate surface area is 234 Å². The lowest BCUT2D eigenvalue weighted by atomic mass is 9.76. The molecule has 210 valence electrons. The highest BCUT2D eigenvalue weighted by molar-refractivity contribution is 6.07. The van der Waals surface area contributed by atoms with Crippen LogP contribution in [0.5, 0.6) is 0 Å². The van der Waals surface area contributed by atoms with Crippen LogP contribution in [-0.2, 0) is 9.59 Å². The molecule has 1 unspecified atom stereocenters. The van der Waals surface area contributed by atoms with E-state index in [4.69, 9.17) is 0 Å². The number of benzene rings is 1. The molecule has 1 spiro atoms. The van der Waals surface area contributed by atoms with Crippen LogP contribution in [0.3, 0.4) is 0 Å². The van der Waals surface area contributed by atoms with E-state index in [1.807, 2.05) is 17.9 Å². The minimum absolute atomic E-state index is 0. The number of nitrogens with zero attached hydrogens (tertiary/aromatic N) is 3. The third-order valence-corrected chi connectivity index (χ3v) is 9.02. The number of piperidine rings is 1. The molecule has 3 atom stereocenters. The quantitative estimate of drug-likeness (QED) is 0.494. The Morgan fingerprint density at radius 3 is 2.32 bits per heavy atom. The van der Waals surface area contributed by atoms with Gasteiger partial charge in [0.25, 0.3) is 5.91 Å². The third-order valence-electron chi connectivity index (χ3n) is 9.02. The summed E-state index contributed by atoms with van der Waals surface area (Å²) in [5, 5.41) is 3.57. The van der Waals surface area contributed by atoms with Crippen molar-refractivity contribution in [3.8, 4) is 0 Å². The van der Waals surface area contributed by atoms with Crippen molar-refractivity contribution in [3.63, 3.8) is 0 Å². The number of hydrogen-bond acceptors (Lipinski definition) is 5. The van der Waals surface area contributed by atoms with Gasteiger partial charge in [-0.3, -0.25) is 19.4 Å². The Balaban J connectivity index is 0.00000336. The number of nitrogens with one attached hydrogen (secondary N) is 1. The zero-order chi connectivity index (χ0) is 26.4. The van der Waals surface area contributed by atoms with Crippen LogP contribution in [0.1, 0.15) is 71.3 Å². The lowest BCUT2D eigenvalue weighted by Gasteiger charge is -2.46. The second-order valence-corrected chi connectivity index (χ2v) is 12.9. The molecule has 3 saturated heterocycles. The number of likely N-dealkylation sites (N-methyl/N-ethyl adjacent to an activating group) is 1. The minimum atomic E-state index is -0.748. The number of halogens is 1. The summed E-state index contributed by atoms with van der Waals surface area (Å²) in [5.74, 6) is 1.23. The van der Waals surface area contributed by atoms with E-state index in [9.17, 15) is 14.4 Å². The maximum atomic E-state index is 13.9. The summed E-state index contributed by atoms with van der Waals surface area (Å²) in [7, 11) is 0. The van der Waals surface area contributed by atoms with Crippen LogP contribution >= 0.6 is 12.4 Å². The standard InChI is InChI=1S/C30H44N4O3.ClH/c1-5-34-28(37)33(20-21-11-12-21)27(36)30(34)13-15-32(16-14-30)26(25(35)17-29(2,3)4)24-19-31-18-23(24)22-9-7-6-8-10-22;/h6-10,21,23-24,26,31H,5,11-20H2,1-4H3;1H/t23-,24?,26+;/m1./s1. The fraction of sp³-hybridized carbons (Fsp3) is 0.700. The van der Waals surface area contributed by atoms with Gasteiger partial charge in [-0.05, 0) is 49.5 Å². The second-order valence-electron chi connectivity index (χ2n) is 12.9. The largest absolute Gasteiger partial charge is 0.327 e. The summed E-state index contributed by atoms with van der Waals surface area (Å²) in [6.07, 6.45) is 3.95. The molecule has 4 fully saturated rings. The Morgan fingerprint density at radius 2 is 1.74 bits per heavy atom. The van der Waals surface area contributed by atoms with Crippen LogP contribution in [0.25, 0.3) is 0 Å². The lowest BCUT2D eigenvalue weighted by molar-refractivity contribution is -0.137. The molecule has 1 aromatic rings. The van der Waals surface area contributed by atoms with E-state index in [1.54, 1.807) is 0 Å². The zero-order valence-electron chi connectivity index (χ0n) is 23.4. The molecule has 1 aromatic carbocycles. The van der Waals surface area contributed by atoms with Crippen molar-refractivity contribution in [2.24, 2.45) is 17.3 Å². The number of carbonyl (C=O) groups excluding carboxylic acids is 3. The van der Waals surface area contributed by atoms with Crippen molar-refractivity contribution in [1.82, 2.24) is 20.0 Å². The normalized spacial score (nSPS) is 26.6. The Bertz CT molecular complexity index is 1010. The van der Waals surface area contributed by atoms with Crippen molar-refractivity contribution in [1.29, 1.82) is 0 Å².